The van der Waals surface area contributed by atoms with Crippen LogP contribution in [0.1, 0.15) is 0 Å². The first-order valence-corrected chi connectivity index (χ1v) is 20.6. The maximum absolute atomic E-state index is 2.50. The van der Waals surface area contributed by atoms with Crippen LogP contribution in [0.25, 0.3) is 89.7 Å². The predicted octanol–water partition coefficient (Wildman–Crippen LogP) is 15.8. The molecule has 0 N–H and O–H groups in total. The number of rotatable bonds is 5. The van der Waals surface area contributed by atoms with Crippen molar-refractivity contribution in [2.24, 2.45) is 0 Å². The van der Waals surface area contributed by atoms with Gasteiger partial charge in [-0.15, -0.1) is 22.7 Å². The number of hydrogen-bond donors (Lipinski definition) is 0. The van der Waals surface area contributed by atoms with Crippen molar-refractivity contribution in [1.29, 1.82) is 0 Å². The molecular weight excluding hydrogens is 717 g/mol. The van der Waals surface area contributed by atoms with Crippen LogP contribution in [-0.4, -0.2) is 4.57 Å². The minimum absolute atomic E-state index is 1.13. The van der Waals surface area contributed by atoms with Crippen molar-refractivity contribution >= 4 is 113 Å². The minimum Gasteiger partial charge on any atom is -0.309 e. The summed E-state index contributed by atoms with van der Waals surface area (Å²) in [4.78, 5) is 2.50. The molecule has 9 aromatic carbocycles. The number of aromatic nitrogens is 1. The third-order valence-electron chi connectivity index (χ3n) is 11.4. The zero-order valence-corrected chi connectivity index (χ0v) is 31.8. The standard InChI is InChI=1S/C52H32N2S2/c1-2-13-36(14-3-1)53-45-20-8-6-16-39(45)40-30-27-35(32-48(40)53)33-24-28-37(29-25-33)54(46-21-10-18-42-41-17-7-9-23-49(41)55-51(42)46)47-22-11-19-43-44-31-26-34-12-4-5-15-38(34)50(44)56-52(43)47/h1-32H. The Labute approximate surface area is 331 Å². The van der Waals surface area contributed by atoms with Crippen molar-refractivity contribution in [2.75, 3.05) is 4.90 Å². The first-order valence-electron chi connectivity index (χ1n) is 19.0. The van der Waals surface area contributed by atoms with E-state index in [1.54, 1.807) is 0 Å². The fraction of sp³-hybridized carbons (Fsp3) is 0. The molecule has 0 saturated heterocycles. The zero-order chi connectivity index (χ0) is 36.7. The van der Waals surface area contributed by atoms with Gasteiger partial charge >= 0.3 is 0 Å². The molecule has 3 heterocycles. The molecule has 0 saturated carbocycles. The first-order chi connectivity index (χ1) is 27.8. The second-order valence-electron chi connectivity index (χ2n) is 14.5. The lowest BCUT2D eigenvalue weighted by Crippen LogP contribution is -2.10. The summed E-state index contributed by atoms with van der Waals surface area (Å²) in [6.45, 7) is 0. The fourth-order valence-electron chi connectivity index (χ4n) is 8.81. The summed E-state index contributed by atoms with van der Waals surface area (Å²) in [5, 5.41) is 10.3. The van der Waals surface area contributed by atoms with Gasteiger partial charge < -0.3 is 9.47 Å². The summed E-state index contributed by atoms with van der Waals surface area (Å²) in [6.07, 6.45) is 0. The van der Waals surface area contributed by atoms with Crippen molar-refractivity contribution in [1.82, 2.24) is 4.57 Å². The lowest BCUT2D eigenvalue weighted by atomic mass is 10.0. The topological polar surface area (TPSA) is 8.17 Å². The molecular formula is C52H32N2S2. The Kier molecular flexibility index (Phi) is 7.00. The summed E-state index contributed by atoms with van der Waals surface area (Å²) < 4.78 is 7.62. The highest BCUT2D eigenvalue weighted by Crippen LogP contribution is 2.50. The number of anilines is 3. The quantitative estimate of drug-likeness (QED) is 0.170. The van der Waals surface area contributed by atoms with E-state index in [2.05, 4.69) is 204 Å². The molecule has 0 spiro atoms. The third kappa shape index (κ3) is 4.73. The van der Waals surface area contributed by atoms with Gasteiger partial charge in [-0.1, -0.05) is 140 Å². The Bertz CT molecular complexity index is 3480. The second kappa shape index (κ2) is 12.4. The molecule has 3 aromatic heterocycles. The maximum Gasteiger partial charge on any atom is 0.0640 e. The van der Waals surface area contributed by atoms with E-state index in [0.29, 0.717) is 0 Å². The molecule has 0 bridgehead atoms. The van der Waals surface area contributed by atoms with E-state index in [0.717, 1.165) is 5.69 Å². The number of hydrogen-bond acceptors (Lipinski definition) is 3. The van der Waals surface area contributed by atoms with Crippen LogP contribution in [0.3, 0.4) is 0 Å². The highest BCUT2D eigenvalue weighted by atomic mass is 32.1. The van der Waals surface area contributed by atoms with Gasteiger partial charge in [0.15, 0.2) is 0 Å². The number of benzene rings is 9. The van der Waals surface area contributed by atoms with Crippen LogP contribution in [0.15, 0.2) is 194 Å². The number of thiophene rings is 2. The molecule has 2 nitrogen and oxygen atoms in total. The largest absolute Gasteiger partial charge is 0.309 e. The van der Waals surface area contributed by atoms with Gasteiger partial charge in [0.25, 0.3) is 0 Å². The monoisotopic (exact) mass is 748 g/mol. The molecule has 0 aliphatic heterocycles. The molecule has 12 rings (SSSR count). The second-order valence-corrected chi connectivity index (χ2v) is 16.5. The highest BCUT2D eigenvalue weighted by molar-refractivity contribution is 7.27. The van der Waals surface area contributed by atoms with Crippen molar-refractivity contribution in [2.45, 2.75) is 0 Å². The van der Waals surface area contributed by atoms with Gasteiger partial charge in [-0.25, -0.2) is 0 Å². The van der Waals surface area contributed by atoms with Crippen LogP contribution in [0.5, 0.6) is 0 Å². The Hall–Kier alpha value is -6.72. The maximum atomic E-state index is 2.50. The lowest BCUT2D eigenvalue weighted by Gasteiger charge is -2.27. The van der Waals surface area contributed by atoms with Crippen LogP contribution in [0.4, 0.5) is 17.1 Å². The Morgan fingerprint density at radius 2 is 0.946 bits per heavy atom. The van der Waals surface area contributed by atoms with Gasteiger partial charge in [0.2, 0.25) is 0 Å². The van der Waals surface area contributed by atoms with Gasteiger partial charge in [0.1, 0.15) is 0 Å². The molecule has 4 heteroatoms. The van der Waals surface area contributed by atoms with Crippen molar-refractivity contribution in [3.63, 3.8) is 0 Å². The van der Waals surface area contributed by atoms with E-state index in [4.69, 9.17) is 0 Å². The molecule has 0 amide bonds. The average Bonchev–Trinajstić information content (AvgIpc) is 3.95. The SMILES string of the molecule is c1ccc(-n2c3ccccc3c3ccc(-c4ccc(N(c5cccc6c5sc5ccccc56)c5cccc6c5sc5c7ccccc7ccc65)cc4)cc32)cc1. The molecule has 0 atom stereocenters. The highest BCUT2D eigenvalue weighted by Gasteiger charge is 2.22. The van der Waals surface area contributed by atoms with Crippen molar-refractivity contribution in [3.05, 3.63) is 194 Å². The molecule has 0 fully saturated rings. The molecule has 12 aromatic rings. The Balaban J connectivity index is 1.06. The summed E-state index contributed by atoms with van der Waals surface area (Å²) in [5.74, 6) is 0. The van der Waals surface area contributed by atoms with Crippen LogP contribution >= 0.6 is 22.7 Å². The molecule has 0 aliphatic carbocycles. The summed E-state index contributed by atoms with van der Waals surface area (Å²) in [7, 11) is 0. The van der Waals surface area contributed by atoms with Gasteiger partial charge in [0, 0.05) is 53.1 Å². The van der Waals surface area contributed by atoms with E-state index in [9.17, 15) is 0 Å². The normalized spacial score (nSPS) is 11.9. The van der Waals surface area contributed by atoms with E-state index in [1.165, 1.54) is 101 Å². The number of nitrogens with zero attached hydrogens (tertiary/aromatic N) is 2. The van der Waals surface area contributed by atoms with Crippen LogP contribution in [0, 0.1) is 0 Å². The Morgan fingerprint density at radius 3 is 1.77 bits per heavy atom. The summed E-state index contributed by atoms with van der Waals surface area (Å²) in [5.41, 5.74) is 9.50. The van der Waals surface area contributed by atoms with Gasteiger partial charge in [-0.3, -0.25) is 0 Å². The zero-order valence-electron chi connectivity index (χ0n) is 30.2. The van der Waals surface area contributed by atoms with Gasteiger partial charge in [-0.05, 0) is 76.5 Å². The molecule has 0 unspecified atom stereocenters. The summed E-state index contributed by atoms with van der Waals surface area (Å²) in [6, 6.07) is 71.3. The smallest absolute Gasteiger partial charge is 0.0640 e. The van der Waals surface area contributed by atoms with Gasteiger partial charge in [-0.2, -0.15) is 0 Å². The van der Waals surface area contributed by atoms with E-state index in [-0.39, 0.29) is 0 Å². The predicted molar refractivity (Wildman–Crippen MR) is 244 cm³/mol. The molecule has 56 heavy (non-hydrogen) atoms. The molecule has 0 aliphatic rings. The summed E-state index contributed by atoms with van der Waals surface area (Å²) >= 11 is 3.79. The van der Waals surface area contributed by atoms with E-state index < -0.39 is 0 Å². The van der Waals surface area contributed by atoms with Crippen LogP contribution < -0.4 is 4.90 Å². The number of fused-ring (bicyclic) bond motifs is 11. The van der Waals surface area contributed by atoms with Crippen molar-refractivity contribution < 1.29 is 0 Å². The number of para-hydroxylation sites is 2. The van der Waals surface area contributed by atoms with Crippen LogP contribution in [-0.2, 0) is 0 Å². The lowest BCUT2D eigenvalue weighted by molar-refractivity contribution is 1.18. The van der Waals surface area contributed by atoms with E-state index in [1.807, 2.05) is 22.7 Å². The van der Waals surface area contributed by atoms with Crippen molar-refractivity contribution in [3.8, 4) is 16.8 Å². The van der Waals surface area contributed by atoms with E-state index >= 15 is 0 Å². The minimum atomic E-state index is 1.13. The van der Waals surface area contributed by atoms with Crippen LogP contribution in [0.2, 0.25) is 0 Å². The van der Waals surface area contributed by atoms with Gasteiger partial charge in [0.05, 0.1) is 31.8 Å². The first kappa shape index (κ1) is 31.6. The Morgan fingerprint density at radius 1 is 0.357 bits per heavy atom. The third-order valence-corrected chi connectivity index (χ3v) is 13.9. The fourth-order valence-corrected chi connectivity index (χ4v) is 11.4. The molecule has 262 valence electrons. The average molecular weight is 749 g/mol. The molecule has 0 radical (unpaired) electrons.